The van der Waals surface area contributed by atoms with Crippen molar-refractivity contribution in [1.29, 1.82) is 0 Å². The van der Waals surface area contributed by atoms with Gasteiger partial charge in [-0.15, -0.1) is 11.3 Å². The van der Waals surface area contributed by atoms with Crippen LogP contribution in [0.4, 0.5) is 5.13 Å². The number of carboxylic acid groups (broad SMARTS) is 1. The first-order valence-corrected chi connectivity index (χ1v) is 15.1. The number of aromatic nitrogens is 3. The van der Waals surface area contributed by atoms with Gasteiger partial charge in [-0.05, 0) is 50.7 Å². The minimum absolute atomic E-state index is 0.0151. The lowest BCUT2D eigenvalue weighted by Gasteiger charge is -2.45. The number of carbonyl (C=O) groups is 2. The number of anilines is 1. The first-order valence-electron chi connectivity index (χ1n) is 14.2. The lowest BCUT2D eigenvalue weighted by molar-refractivity contribution is -0.136. The largest absolute Gasteiger partial charge is 0.481 e. The van der Waals surface area contributed by atoms with E-state index in [9.17, 15) is 14.4 Å². The van der Waals surface area contributed by atoms with E-state index >= 15 is 0 Å². The molecule has 2 aliphatic heterocycles. The molecule has 3 aromatic rings. The van der Waals surface area contributed by atoms with Gasteiger partial charge in [0.1, 0.15) is 0 Å². The summed E-state index contributed by atoms with van der Waals surface area (Å²) in [6.07, 6.45) is 13.2. The van der Waals surface area contributed by atoms with Gasteiger partial charge in [0, 0.05) is 29.5 Å². The van der Waals surface area contributed by atoms with Gasteiger partial charge in [0.15, 0.2) is 10.8 Å². The van der Waals surface area contributed by atoms with Crippen molar-refractivity contribution in [3.05, 3.63) is 51.4 Å². The number of rotatable bonds is 6. The summed E-state index contributed by atoms with van der Waals surface area (Å²) in [7, 11) is 0. The third-order valence-corrected chi connectivity index (χ3v) is 9.55. The zero-order valence-corrected chi connectivity index (χ0v) is 22.9. The summed E-state index contributed by atoms with van der Waals surface area (Å²) in [4.78, 5) is 49.6. The van der Waals surface area contributed by atoms with Crippen molar-refractivity contribution in [3.8, 4) is 0 Å². The van der Waals surface area contributed by atoms with Crippen molar-refractivity contribution in [3.63, 3.8) is 0 Å². The molecular weight excluding hydrogens is 514 g/mol. The van der Waals surface area contributed by atoms with Crippen LogP contribution in [0.2, 0.25) is 0 Å². The van der Waals surface area contributed by atoms with Crippen LogP contribution in [0.5, 0.6) is 0 Å². The quantitative estimate of drug-likeness (QED) is 0.444. The van der Waals surface area contributed by atoms with Crippen molar-refractivity contribution < 1.29 is 14.7 Å². The Hall–Kier alpha value is -3.11. The van der Waals surface area contributed by atoms with Crippen LogP contribution in [0.25, 0.3) is 11.0 Å². The molecule has 2 atom stereocenters. The van der Waals surface area contributed by atoms with Crippen LogP contribution >= 0.6 is 11.3 Å². The van der Waals surface area contributed by atoms with E-state index in [0.29, 0.717) is 29.3 Å². The van der Waals surface area contributed by atoms with Crippen LogP contribution in [0.3, 0.4) is 0 Å². The van der Waals surface area contributed by atoms with E-state index in [1.165, 1.54) is 57.8 Å². The zero-order valence-electron chi connectivity index (χ0n) is 22.1. The summed E-state index contributed by atoms with van der Waals surface area (Å²) in [5, 5.41) is 13.5. The Kier molecular flexibility index (Phi) is 7.49. The molecule has 1 aliphatic carbocycles. The van der Waals surface area contributed by atoms with Gasteiger partial charge in [-0.1, -0.05) is 44.2 Å². The molecule has 6 rings (SSSR count). The maximum atomic E-state index is 13.9. The summed E-state index contributed by atoms with van der Waals surface area (Å²) in [5.74, 6) is -1.61. The molecule has 2 aromatic heterocycles. The van der Waals surface area contributed by atoms with E-state index in [-0.39, 0.29) is 28.8 Å². The SMILES string of the molecule is O=C(O)Cc1csc(NC(=O)c2nc3ccccc3n(C3CC4CCC(C3)N4C3CCCCCCC3)c2=O)n1. The Bertz CT molecular complexity index is 1410. The third kappa shape index (κ3) is 5.36. The van der Waals surface area contributed by atoms with E-state index in [2.05, 4.69) is 20.2 Å². The number of fused-ring (bicyclic) bond motifs is 3. The molecule has 0 radical (unpaired) electrons. The molecule has 39 heavy (non-hydrogen) atoms. The van der Waals surface area contributed by atoms with Gasteiger partial charge >= 0.3 is 5.97 Å². The number of carbonyl (C=O) groups excluding carboxylic acids is 1. The second-order valence-corrected chi connectivity index (χ2v) is 12.1. The fourth-order valence-electron chi connectivity index (χ4n) is 7.15. The predicted molar refractivity (Wildman–Crippen MR) is 150 cm³/mol. The van der Waals surface area contributed by atoms with E-state index in [1.54, 1.807) is 5.38 Å². The number of piperidine rings is 1. The molecule has 2 unspecified atom stereocenters. The lowest BCUT2D eigenvalue weighted by atomic mass is 9.89. The number of aliphatic carboxylic acids is 1. The number of nitrogens with zero attached hydrogens (tertiary/aromatic N) is 4. The predicted octanol–water partition coefficient (Wildman–Crippen LogP) is 5.01. The minimum atomic E-state index is -0.994. The molecule has 2 bridgehead atoms. The number of benzene rings is 1. The Morgan fingerprint density at radius 3 is 2.33 bits per heavy atom. The van der Waals surface area contributed by atoms with Crippen molar-refractivity contribution >= 4 is 39.4 Å². The molecule has 4 heterocycles. The van der Waals surface area contributed by atoms with Gasteiger partial charge in [-0.3, -0.25) is 24.6 Å². The highest BCUT2D eigenvalue weighted by molar-refractivity contribution is 7.14. The average Bonchev–Trinajstić information content (AvgIpc) is 3.43. The Morgan fingerprint density at radius 2 is 1.62 bits per heavy atom. The zero-order chi connectivity index (χ0) is 26.9. The van der Waals surface area contributed by atoms with Gasteiger partial charge in [0.2, 0.25) is 0 Å². The molecule has 1 amide bonds. The second kappa shape index (κ2) is 11.2. The molecule has 2 saturated heterocycles. The van der Waals surface area contributed by atoms with Crippen molar-refractivity contribution in [1.82, 2.24) is 19.4 Å². The summed E-state index contributed by atoms with van der Waals surface area (Å²) < 4.78 is 1.83. The number of thiazole rings is 1. The molecule has 1 aromatic carbocycles. The normalized spacial score (nSPS) is 24.4. The highest BCUT2D eigenvalue weighted by Crippen LogP contribution is 2.44. The maximum absolute atomic E-state index is 13.9. The number of para-hydroxylation sites is 2. The Balaban J connectivity index is 1.28. The first-order chi connectivity index (χ1) is 19.0. The van der Waals surface area contributed by atoms with E-state index in [1.807, 2.05) is 28.8 Å². The average molecular weight is 550 g/mol. The van der Waals surface area contributed by atoms with Crippen LogP contribution in [0.1, 0.15) is 92.9 Å². The standard InChI is InChI=1S/C29H35N5O4S/c35-25(36)14-18-17-39-29(30-18)32-27(37)26-28(38)34(24-11-7-6-10-23(24)31-26)22-15-20-12-13-21(16-22)33(20)19-8-4-2-1-3-5-9-19/h6-7,10-11,17,19-22H,1-5,8-9,12-16H2,(H,35,36)(H,30,32,37). The smallest absolute Gasteiger partial charge is 0.309 e. The molecule has 206 valence electrons. The van der Waals surface area contributed by atoms with Gasteiger partial charge in [0.25, 0.3) is 11.5 Å². The molecule has 3 aliphatic rings. The van der Waals surface area contributed by atoms with Gasteiger partial charge in [-0.2, -0.15) is 0 Å². The molecule has 2 N–H and O–H groups in total. The van der Waals surface area contributed by atoms with Crippen LogP contribution in [-0.4, -0.2) is 54.5 Å². The first kappa shape index (κ1) is 26.1. The Morgan fingerprint density at radius 1 is 0.923 bits per heavy atom. The number of carboxylic acids is 1. The lowest BCUT2D eigenvalue weighted by Crippen LogP contribution is -2.50. The van der Waals surface area contributed by atoms with Crippen LogP contribution < -0.4 is 10.9 Å². The summed E-state index contributed by atoms with van der Waals surface area (Å²) in [6.45, 7) is 0. The summed E-state index contributed by atoms with van der Waals surface area (Å²) in [6, 6.07) is 9.15. The molecule has 9 nitrogen and oxygen atoms in total. The second-order valence-electron chi connectivity index (χ2n) is 11.2. The minimum Gasteiger partial charge on any atom is -0.481 e. The number of amides is 1. The van der Waals surface area contributed by atoms with Crippen molar-refractivity contribution in [2.75, 3.05) is 5.32 Å². The molecular formula is C29H35N5O4S. The van der Waals surface area contributed by atoms with E-state index < -0.39 is 11.9 Å². The number of nitrogens with one attached hydrogen (secondary N) is 1. The number of hydrogen-bond acceptors (Lipinski definition) is 7. The van der Waals surface area contributed by atoms with Crippen molar-refractivity contribution in [2.24, 2.45) is 0 Å². The highest BCUT2D eigenvalue weighted by Gasteiger charge is 2.44. The van der Waals surface area contributed by atoms with Crippen LogP contribution in [-0.2, 0) is 11.2 Å². The van der Waals surface area contributed by atoms with Crippen LogP contribution in [0, 0.1) is 0 Å². The molecule has 3 fully saturated rings. The monoisotopic (exact) mass is 549 g/mol. The van der Waals surface area contributed by atoms with Gasteiger partial charge in [-0.25, -0.2) is 9.97 Å². The fraction of sp³-hybridized carbons (Fsp3) is 0.552. The van der Waals surface area contributed by atoms with E-state index in [4.69, 9.17) is 5.11 Å². The van der Waals surface area contributed by atoms with Gasteiger partial charge in [0.05, 0.1) is 23.1 Å². The van der Waals surface area contributed by atoms with Crippen LogP contribution in [0.15, 0.2) is 34.4 Å². The summed E-state index contributed by atoms with van der Waals surface area (Å²) >= 11 is 1.13. The van der Waals surface area contributed by atoms with E-state index in [0.717, 1.165) is 29.7 Å². The number of hydrogen-bond donors (Lipinski definition) is 2. The highest BCUT2D eigenvalue weighted by atomic mass is 32.1. The maximum Gasteiger partial charge on any atom is 0.309 e. The molecule has 10 heteroatoms. The fourth-order valence-corrected chi connectivity index (χ4v) is 7.85. The molecule has 1 saturated carbocycles. The molecule has 0 spiro atoms. The summed E-state index contributed by atoms with van der Waals surface area (Å²) in [5.41, 5.74) is 1.21. The van der Waals surface area contributed by atoms with Gasteiger partial charge < -0.3 is 9.67 Å². The Labute approximate surface area is 231 Å². The third-order valence-electron chi connectivity index (χ3n) is 8.74. The topological polar surface area (TPSA) is 117 Å². The van der Waals surface area contributed by atoms with Crippen molar-refractivity contribution in [2.45, 2.75) is 101 Å².